The molecule has 2 N–H and O–H groups in total. The van der Waals surface area contributed by atoms with Crippen molar-refractivity contribution in [3.63, 3.8) is 0 Å². The Balaban J connectivity index is 2.63. The molecular weight excluding hydrogens is 196 g/mol. The van der Waals surface area contributed by atoms with Crippen molar-refractivity contribution in [2.45, 2.75) is 33.7 Å². The van der Waals surface area contributed by atoms with E-state index in [2.05, 4.69) is 43.5 Å². The lowest BCUT2D eigenvalue weighted by molar-refractivity contribution is 0.656. The lowest BCUT2D eigenvalue weighted by Gasteiger charge is -2.09. The van der Waals surface area contributed by atoms with Gasteiger partial charge in [0.15, 0.2) is 0 Å². The quantitative estimate of drug-likeness (QED) is 0.840. The van der Waals surface area contributed by atoms with Crippen molar-refractivity contribution in [2.75, 3.05) is 6.54 Å². The van der Waals surface area contributed by atoms with Crippen LogP contribution in [0.15, 0.2) is 18.2 Å². The van der Waals surface area contributed by atoms with E-state index in [0.29, 0.717) is 0 Å². The standard InChI is InChI=1S/C14H20N2/c1-10-5-6-11(2)14-13(10)9-12(3)16(14)8-4-7-15/h5-6,9H,4,7-8,15H2,1-3H3. The van der Waals surface area contributed by atoms with Crippen molar-refractivity contribution in [3.05, 3.63) is 35.0 Å². The molecule has 2 heteroatoms. The van der Waals surface area contributed by atoms with Gasteiger partial charge in [0.25, 0.3) is 0 Å². The van der Waals surface area contributed by atoms with Crippen molar-refractivity contribution < 1.29 is 0 Å². The zero-order valence-electron chi connectivity index (χ0n) is 10.4. The van der Waals surface area contributed by atoms with Crippen molar-refractivity contribution in [1.29, 1.82) is 0 Å². The Bertz CT molecular complexity index is 509. The first-order valence-electron chi connectivity index (χ1n) is 5.91. The number of nitrogens with two attached hydrogens (primary N) is 1. The largest absolute Gasteiger partial charge is 0.345 e. The molecule has 0 saturated carbocycles. The molecule has 0 amide bonds. The molecule has 0 fully saturated rings. The normalized spacial score (nSPS) is 11.2. The molecule has 0 aliphatic rings. The number of benzene rings is 1. The van der Waals surface area contributed by atoms with Gasteiger partial charge in [-0.15, -0.1) is 0 Å². The molecule has 2 aromatic rings. The summed E-state index contributed by atoms with van der Waals surface area (Å²) in [4.78, 5) is 0. The van der Waals surface area contributed by atoms with Gasteiger partial charge in [0.05, 0.1) is 5.52 Å². The number of hydrogen-bond acceptors (Lipinski definition) is 1. The van der Waals surface area contributed by atoms with Gasteiger partial charge in [0.1, 0.15) is 0 Å². The SMILES string of the molecule is Cc1ccc(C)c2c1cc(C)n2CCCN. The topological polar surface area (TPSA) is 30.9 Å². The van der Waals surface area contributed by atoms with Gasteiger partial charge in [-0.05, 0) is 50.9 Å². The van der Waals surface area contributed by atoms with Crippen LogP contribution in [0.25, 0.3) is 10.9 Å². The van der Waals surface area contributed by atoms with Crippen LogP contribution < -0.4 is 5.73 Å². The average molecular weight is 216 g/mol. The highest BCUT2D eigenvalue weighted by Gasteiger charge is 2.09. The van der Waals surface area contributed by atoms with Crippen molar-refractivity contribution in [2.24, 2.45) is 5.73 Å². The molecule has 1 heterocycles. The van der Waals surface area contributed by atoms with Crippen LogP contribution in [0.5, 0.6) is 0 Å². The van der Waals surface area contributed by atoms with Crippen LogP contribution in [-0.2, 0) is 6.54 Å². The number of nitrogens with zero attached hydrogens (tertiary/aromatic N) is 1. The first-order valence-corrected chi connectivity index (χ1v) is 5.91. The molecule has 0 aliphatic carbocycles. The van der Waals surface area contributed by atoms with E-state index in [1.54, 1.807) is 0 Å². The summed E-state index contributed by atoms with van der Waals surface area (Å²) in [6, 6.07) is 6.69. The van der Waals surface area contributed by atoms with Crippen LogP contribution in [0.3, 0.4) is 0 Å². The van der Waals surface area contributed by atoms with Gasteiger partial charge < -0.3 is 10.3 Å². The Kier molecular flexibility index (Phi) is 3.01. The van der Waals surface area contributed by atoms with Gasteiger partial charge in [-0.2, -0.15) is 0 Å². The van der Waals surface area contributed by atoms with Gasteiger partial charge in [0, 0.05) is 17.6 Å². The lowest BCUT2D eigenvalue weighted by Crippen LogP contribution is -2.07. The van der Waals surface area contributed by atoms with E-state index in [0.717, 1.165) is 19.5 Å². The first kappa shape index (κ1) is 11.2. The molecule has 1 aromatic carbocycles. The van der Waals surface area contributed by atoms with Crippen molar-refractivity contribution >= 4 is 10.9 Å². The summed E-state index contributed by atoms with van der Waals surface area (Å²) in [6.07, 6.45) is 1.04. The van der Waals surface area contributed by atoms with E-state index in [1.165, 1.54) is 27.7 Å². The molecule has 86 valence electrons. The molecule has 0 bridgehead atoms. The summed E-state index contributed by atoms with van der Waals surface area (Å²) in [7, 11) is 0. The molecule has 0 atom stereocenters. The van der Waals surface area contributed by atoms with Gasteiger partial charge in [-0.1, -0.05) is 12.1 Å². The fraction of sp³-hybridized carbons (Fsp3) is 0.429. The Hall–Kier alpha value is -1.28. The number of hydrogen-bond donors (Lipinski definition) is 1. The molecule has 0 radical (unpaired) electrons. The van der Waals surface area contributed by atoms with Crippen LogP contribution in [0, 0.1) is 20.8 Å². The predicted octanol–water partition coefficient (Wildman–Crippen LogP) is 2.92. The van der Waals surface area contributed by atoms with E-state index in [-0.39, 0.29) is 0 Å². The van der Waals surface area contributed by atoms with Crippen LogP contribution in [0.1, 0.15) is 23.2 Å². The van der Waals surface area contributed by atoms with Crippen LogP contribution in [0.2, 0.25) is 0 Å². The summed E-state index contributed by atoms with van der Waals surface area (Å²) in [5, 5.41) is 1.38. The summed E-state index contributed by atoms with van der Waals surface area (Å²) in [6.45, 7) is 8.31. The smallest absolute Gasteiger partial charge is 0.0514 e. The molecule has 2 nitrogen and oxygen atoms in total. The summed E-state index contributed by atoms with van der Waals surface area (Å²) < 4.78 is 2.39. The Morgan fingerprint density at radius 2 is 1.81 bits per heavy atom. The number of aryl methyl sites for hydroxylation is 4. The molecule has 0 unspecified atom stereocenters. The van der Waals surface area contributed by atoms with Crippen LogP contribution in [0.4, 0.5) is 0 Å². The molecule has 0 spiro atoms. The Morgan fingerprint density at radius 3 is 2.50 bits per heavy atom. The van der Waals surface area contributed by atoms with Crippen LogP contribution in [-0.4, -0.2) is 11.1 Å². The fourth-order valence-corrected chi connectivity index (χ4v) is 2.36. The second-order valence-electron chi connectivity index (χ2n) is 4.54. The zero-order valence-corrected chi connectivity index (χ0v) is 10.4. The van der Waals surface area contributed by atoms with Gasteiger partial charge in [-0.3, -0.25) is 0 Å². The van der Waals surface area contributed by atoms with E-state index in [9.17, 15) is 0 Å². The van der Waals surface area contributed by atoms with Crippen LogP contribution >= 0.6 is 0 Å². The maximum absolute atomic E-state index is 5.59. The second-order valence-corrected chi connectivity index (χ2v) is 4.54. The highest BCUT2D eigenvalue weighted by atomic mass is 15.0. The van der Waals surface area contributed by atoms with E-state index in [4.69, 9.17) is 5.73 Å². The summed E-state index contributed by atoms with van der Waals surface area (Å²) >= 11 is 0. The number of fused-ring (bicyclic) bond motifs is 1. The average Bonchev–Trinajstić information content (AvgIpc) is 2.59. The molecule has 0 aliphatic heterocycles. The van der Waals surface area contributed by atoms with Gasteiger partial charge in [-0.25, -0.2) is 0 Å². The maximum Gasteiger partial charge on any atom is 0.0514 e. The molecular formula is C14H20N2. The van der Waals surface area contributed by atoms with Crippen molar-refractivity contribution in [3.8, 4) is 0 Å². The third kappa shape index (κ3) is 1.74. The minimum atomic E-state index is 0.754. The molecule has 16 heavy (non-hydrogen) atoms. The predicted molar refractivity (Wildman–Crippen MR) is 69.8 cm³/mol. The molecule has 1 aromatic heterocycles. The third-order valence-corrected chi connectivity index (χ3v) is 3.27. The first-order chi connectivity index (χ1) is 7.65. The summed E-state index contributed by atoms with van der Waals surface area (Å²) in [5.41, 5.74) is 11.0. The Labute approximate surface area is 97.1 Å². The lowest BCUT2D eigenvalue weighted by atomic mass is 10.1. The molecule has 2 rings (SSSR count). The number of aromatic nitrogens is 1. The van der Waals surface area contributed by atoms with Gasteiger partial charge >= 0.3 is 0 Å². The summed E-state index contributed by atoms with van der Waals surface area (Å²) in [5.74, 6) is 0. The second kappa shape index (κ2) is 4.30. The Morgan fingerprint density at radius 1 is 1.12 bits per heavy atom. The minimum Gasteiger partial charge on any atom is -0.345 e. The monoisotopic (exact) mass is 216 g/mol. The maximum atomic E-state index is 5.59. The zero-order chi connectivity index (χ0) is 11.7. The van der Waals surface area contributed by atoms with Crippen molar-refractivity contribution in [1.82, 2.24) is 4.57 Å². The van der Waals surface area contributed by atoms with Gasteiger partial charge in [0.2, 0.25) is 0 Å². The fourth-order valence-electron chi connectivity index (χ4n) is 2.36. The highest BCUT2D eigenvalue weighted by Crippen LogP contribution is 2.26. The third-order valence-electron chi connectivity index (χ3n) is 3.27. The van der Waals surface area contributed by atoms with E-state index >= 15 is 0 Å². The van der Waals surface area contributed by atoms with E-state index < -0.39 is 0 Å². The molecule has 0 saturated heterocycles. The highest BCUT2D eigenvalue weighted by molar-refractivity contribution is 5.87. The number of rotatable bonds is 3. The van der Waals surface area contributed by atoms with E-state index in [1.807, 2.05) is 0 Å². The minimum absolute atomic E-state index is 0.754.